The molecule has 1 heterocycles. The van der Waals surface area contributed by atoms with Crippen LogP contribution in [0.3, 0.4) is 0 Å². The van der Waals surface area contributed by atoms with Gasteiger partial charge in [-0.2, -0.15) is 0 Å². The summed E-state index contributed by atoms with van der Waals surface area (Å²) in [5.74, 6) is -0.313. The molecule has 2 aromatic carbocycles. The number of nitrogens with one attached hydrogen (secondary N) is 4. The van der Waals surface area contributed by atoms with Crippen LogP contribution in [0.15, 0.2) is 60.8 Å². The minimum atomic E-state index is -0.460. The van der Waals surface area contributed by atoms with Gasteiger partial charge in [0.1, 0.15) is 0 Å². The molecular formula is C24H26N6O4. The molecule has 0 aliphatic carbocycles. The van der Waals surface area contributed by atoms with E-state index >= 15 is 0 Å². The molecule has 0 radical (unpaired) electrons. The number of aromatic nitrogens is 2. The van der Waals surface area contributed by atoms with Gasteiger partial charge in [0.25, 0.3) is 0 Å². The summed E-state index contributed by atoms with van der Waals surface area (Å²) in [7, 11) is 0. The second-order valence-electron chi connectivity index (χ2n) is 7.52. The number of carbonyl (C=O) groups excluding carboxylic acids is 3. The molecule has 3 rings (SSSR count). The van der Waals surface area contributed by atoms with E-state index in [1.165, 1.54) is 6.92 Å². The molecule has 0 bridgehead atoms. The summed E-state index contributed by atoms with van der Waals surface area (Å²) in [6.45, 7) is 1.46. The molecule has 1 aromatic heterocycles. The van der Waals surface area contributed by atoms with Crippen LogP contribution in [0, 0.1) is 0 Å². The largest absolute Gasteiger partial charge is 0.326 e. The molecule has 0 aliphatic rings. The first-order valence-corrected chi connectivity index (χ1v) is 10.7. The molecule has 0 saturated heterocycles. The molecule has 0 atom stereocenters. The van der Waals surface area contributed by atoms with Crippen LogP contribution in [0.25, 0.3) is 11.3 Å². The Morgan fingerprint density at radius 2 is 1.38 bits per heavy atom. The second-order valence-corrected chi connectivity index (χ2v) is 7.52. The first-order valence-electron chi connectivity index (χ1n) is 10.7. The lowest BCUT2D eigenvalue weighted by molar-refractivity contribution is -0.129. The third kappa shape index (κ3) is 7.68. The van der Waals surface area contributed by atoms with Gasteiger partial charge >= 0.3 is 0 Å². The van der Waals surface area contributed by atoms with Crippen molar-refractivity contribution in [1.29, 1.82) is 0 Å². The van der Waals surface area contributed by atoms with E-state index in [9.17, 15) is 14.4 Å². The van der Waals surface area contributed by atoms with Crippen molar-refractivity contribution in [2.45, 2.75) is 32.6 Å². The molecular weight excluding hydrogens is 436 g/mol. The topological polar surface area (TPSA) is 145 Å². The Kier molecular flexibility index (Phi) is 8.64. The molecule has 176 valence electrons. The second kappa shape index (κ2) is 12.1. The zero-order valence-electron chi connectivity index (χ0n) is 18.7. The number of anilines is 4. The van der Waals surface area contributed by atoms with Crippen LogP contribution < -0.4 is 21.4 Å². The van der Waals surface area contributed by atoms with Gasteiger partial charge in [0, 0.05) is 48.6 Å². The molecule has 3 aromatic rings. The summed E-state index contributed by atoms with van der Waals surface area (Å²) in [6.07, 6.45) is 3.18. The third-order valence-corrected chi connectivity index (χ3v) is 4.76. The monoisotopic (exact) mass is 462 g/mol. The number of unbranched alkanes of at least 4 members (excludes halogenated alkanes) is 1. The lowest BCUT2D eigenvalue weighted by Gasteiger charge is -2.09. The third-order valence-electron chi connectivity index (χ3n) is 4.76. The average molecular weight is 463 g/mol. The van der Waals surface area contributed by atoms with E-state index in [2.05, 4.69) is 25.9 Å². The zero-order valence-corrected chi connectivity index (χ0v) is 18.7. The van der Waals surface area contributed by atoms with Crippen molar-refractivity contribution in [2.24, 2.45) is 0 Å². The lowest BCUT2D eigenvalue weighted by Crippen LogP contribution is -2.18. The van der Waals surface area contributed by atoms with Crippen LogP contribution in [0.1, 0.15) is 32.6 Å². The van der Waals surface area contributed by atoms with Crippen molar-refractivity contribution >= 4 is 40.7 Å². The Hall–Kier alpha value is -4.31. The van der Waals surface area contributed by atoms with Crippen LogP contribution >= 0.6 is 0 Å². The summed E-state index contributed by atoms with van der Waals surface area (Å²) in [5.41, 5.74) is 5.30. The molecule has 10 heteroatoms. The quantitative estimate of drug-likeness (QED) is 0.175. The summed E-state index contributed by atoms with van der Waals surface area (Å²) in [5, 5.41) is 17.1. The van der Waals surface area contributed by atoms with E-state index in [0.717, 1.165) is 16.9 Å². The predicted octanol–water partition coefficient (Wildman–Crippen LogP) is 3.85. The van der Waals surface area contributed by atoms with Gasteiger partial charge in [-0.25, -0.2) is 15.4 Å². The van der Waals surface area contributed by atoms with Crippen LogP contribution in [0.4, 0.5) is 23.0 Å². The number of hydroxylamine groups is 1. The van der Waals surface area contributed by atoms with Gasteiger partial charge < -0.3 is 16.0 Å². The minimum absolute atomic E-state index is 0.128. The fraction of sp³-hybridized carbons (Fsp3) is 0.208. The maximum absolute atomic E-state index is 12.0. The first kappa shape index (κ1) is 24.3. The molecule has 0 unspecified atom stereocenters. The van der Waals surface area contributed by atoms with Gasteiger partial charge in [-0.15, -0.1) is 0 Å². The van der Waals surface area contributed by atoms with Crippen LogP contribution in [0.2, 0.25) is 0 Å². The fourth-order valence-corrected chi connectivity index (χ4v) is 3.12. The highest BCUT2D eigenvalue weighted by Crippen LogP contribution is 2.22. The van der Waals surface area contributed by atoms with Gasteiger partial charge in [-0.05, 0) is 55.3 Å². The number of rotatable bonds is 10. The van der Waals surface area contributed by atoms with Crippen molar-refractivity contribution in [1.82, 2.24) is 15.4 Å². The van der Waals surface area contributed by atoms with Crippen LogP contribution in [-0.4, -0.2) is 32.9 Å². The summed E-state index contributed by atoms with van der Waals surface area (Å²) < 4.78 is 0. The Labute approximate surface area is 196 Å². The van der Waals surface area contributed by atoms with Gasteiger partial charge in [0.15, 0.2) is 0 Å². The van der Waals surface area contributed by atoms with Crippen molar-refractivity contribution in [3.8, 4) is 11.3 Å². The van der Waals surface area contributed by atoms with Crippen molar-refractivity contribution in [2.75, 3.05) is 16.0 Å². The van der Waals surface area contributed by atoms with E-state index in [1.54, 1.807) is 42.0 Å². The maximum Gasteiger partial charge on any atom is 0.243 e. The number of hydrogen-bond donors (Lipinski definition) is 5. The van der Waals surface area contributed by atoms with E-state index in [0.29, 0.717) is 30.2 Å². The SMILES string of the molecule is CC(=O)Nc1ccc(-c2ccnc(Nc3ccc(NC(=O)CCCCC(=O)NO)cc3)n2)cc1. The maximum atomic E-state index is 12.0. The Bertz CT molecular complexity index is 1130. The highest BCUT2D eigenvalue weighted by molar-refractivity contribution is 5.91. The van der Waals surface area contributed by atoms with Crippen molar-refractivity contribution in [3.05, 3.63) is 60.8 Å². The Morgan fingerprint density at radius 3 is 2.03 bits per heavy atom. The van der Waals surface area contributed by atoms with E-state index in [-0.39, 0.29) is 24.7 Å². The van der Waals surface area contributed by atoms with Gasteiger partial charge in [0.05, 0.1) is 5.69 Å². The molecule has 3 amide bonds. The molecule has 34 heavy (non-hydrogen) atoms. The number of carbonyl (C=O) groups is 3. The number of nitrogens with zero attached hydrogens (tertiary/aromatic N) is 2. The van der Waals surface area contributed by atoms with Gasteiger partial charge in [-0.3, -0.25) is 19.6 Å². The van der Waals surface area contributed by atoms with Gasteiger partial charge in [-0.1, -0.05) is 12.1 Å². The minimum Gasteiger partial charge on any atom is -0.326 e. The molecule has 0 fully saturated rings. The van der Waals surface area contributed by atoms with E-state index in [1.807, 2.05) is 24.3 Å². The molecule has 0 aliphatic heterocycles. The number of hydrogen-bond acceptors (Lipinski definition) is 7. The van der Waals surface area contributed by atoms with Crippen molar-refractivity contribution < 1.29 is 19.6 Å². The highest BCUT2D eigenvalue weighted by atomic mass is 16.5. The Balaban J connectivity index is 1.53. The van der Waals surface area contributed by atoms with Crippen molar-refractivity contribution in [3.63, 3.8) is 0 Å². The summed E-state index contributed by atoms with van der Waals surface area (Å²) in [6, 6.07) is 16.3. The van der Waals surface area contributed by atoms with E-state index in [4.69, 9.17) is 5.21 Å². The van der Waals surface area contributed by atoms with E-state index < -0.39 is 5.91 Å². The summed E-state index contributed by atoms with van der Waals surface area (Å²) >= 11 is 0. The first-order chi connectivity index (χ1) is 16.4. The molecule has 10 nitrogen and oxygen atoms in total. The average Bonchev–Trinajstić information content (AvgIpc) is 2.83. The molecule has 0 saturated carbocycles. The zero-order chi connectivity index (χ0) is 24.3. The van der Waals surface area contributed by atoms with Crippen LogP contribution in [-0.2, 0) is 14.4 Å². The number of amides is 3. The molecule has 0 spiro atoms. The number of benzene rings is 2. The summed E-state index contributed by atoms with van der Waals surface area (Å²) in [4.78, 5) is 42.9. The predicted molar refractivity (Wildman–Crippen MR) is 129 cm³/mol. The lowest BCUT2D eigenvalue weighted by atomic mass is 10.1. The fourth-order valence-electron chi connectivity index (χ4n) is 3.12. The smallest absolute Gasteiger partial charge is 0.243 e. The standard InChI is InChI=1S/C24H26N6O4/c1-16(31)26-18-8-6-17(7-9-18)21-14-15-25-24(29-21)28-20-12-10-19(11-13-20)27-22(32)4-2-3-5-23(33)30-34/h6-15,34H,2-5H2,1H3,(H,26,31)(H,27,32)(H,30,33)(H,25,28,29). The van der Waals surface area contributed by atoms with Gasteiger partial charge in [0.2, 0.25) is 23.7 Å². The highest BCUT2D eigenvalue weighted by Gasteiger charge is 2.06. The normalized spacial score (nSPS) is 10.3. The van der Waals surface area contributed by atoms with Crippen LogP contribution in [0.5, 0.6) is 0 Å². The Morgan fingerprint density at radius 1 is 0.794 bits per heavy atom. The molecule has 5 N–H and O–H groups in total.